The number of esters is 1. The molecule has 0 radical (unpaired) electrons. The first-order chi connectivity index (χ1) is 11.6. The SMILES string of the molecule is COC(=O)CCCn1c(C)cc(-c2csc(-c3cccs3)n2)c1C. The number of nitrogens with zero attached hydrogens (tertiary/aromatic N) is 2. The largest absolute Gasteiger partial charge is 0.469 e. The summed E-state index contributed by atoms with van der Waals surface area (Å²) >= 11 is 3.39. The van der Waals surface area contributed by atoms with Gasteiger partial charge in [-0.25, -0.2) is 4.98 Å². The smallest absolute Gasteiger partial charge is 0.305 e. The van der Waals surface area contributed by atoms with Gasteiger partial charge in [0, 0.05) is 35.3 Å². The zero-order valence-corrected chi connectivity index (χ0v) is 15.7. The van der Waals surface area contributed by atoms with E-state index in [0.29, 0.717) is 6.42 Å². The van der Waals surface area contributed by atoms with Gasteiger partial charge in [0.25, 0.3) is 0 Å². The summed E-state index contributed by atoms with van der Waals surface area (Å²) < 4.78 is 6.96. The van der Waals surface area contributed by atoms with E-state index in [4.69, 9.17) is 9.72 Å². The Kier molecular flexibility index (Phi) is 5.16. The van der Waals surface area contributed by atoms with Gasteiger partial charge in [0.15, 0.2) is 0 Å². The molecule has 4 nitrogen and oxygen atoms in total. The highest BCUT2D eigenvalue weighted by atomic mass is 32.1. The Morgan fingerprint density at radius 1 is 1.33 bits per heavy atom. The number of hydrogen-bond donors (Lipinski definition) is 0. The molecule has 0 saturated heterocycles. The Morgan fingerprint density at radius 3 is 2.88 bits per heavy atom. The molecule has 6 heteroatoms. The van der Waals surface area contributed by atoms with Crippen molar-refractivity contribution in [2.45, 2.75) is 33.2 Å². The Bertz CT molecular complexity index is 831. The summed E-state index contributed by atoms with van der Waals surface area (Å²) in [6.07, 6.45) is 1.22. The van der Waals surface area contributed by atoms with Gasteiger partial charge >= 0.3 is 5.97 Å². The van der Waals surface area contributed by atoms with Crippen molar-refractivity contribution in [3.8, 4) is 21.1 Å². The Morgan fingerprint density at radius 2 is 2.17 bits per heavy atom. The summed E-state index contributed by atoms with van der Waals surface area (Å²) in [7, 11) is 1.43. The number of thiazole rings is 1. The fourth-order valence-corrected chi connectivity index (χ4v) is 4.43. The molecule has 0 aliphatic heterocycles. The molecular weight excluding hydrogens is 340 g/mol. The van der Waals surface area contributed by atoms with E-state index in [1.54, 1.807) is 22.7 Å². The maximum absolute atomic E-state index is 11.3. The Labute approximate surface area is 149 Å². The Balaban J connectivity index is 1.80. The molecule has 0 aromatic carbocycles. The number of hydrogen-bond acceptors (Lipinski definition) is 5. The second kappa shape index (κ2) is 7.32. The highest BCUT2D eigenvalue weighted by Crippen LogP contribution is 2.33. The average Bonchev–Trinajstić information content (AvgIpc) is 3.29. The van der Waals surface area contributed by atoms with Gasteiger partial charge in [-0.3, -0.25) is 4.79 Å². The van der Waals surface area contributed by atoms with Crippen molar-refractivity contribution in [3.63, 3.8) is 0 Å². The molecule has 0 N–H and O–H groups in total. The number of aromatic nitrogens is 2. The number of carbonyl (C=O) groups excluding carboxylic acids is 1. The number of methoxy groups -OCH3 is 1. The van der Waals surface area contributed by atoms with Crippen LogP contribution in [0.15, 0.2) is 29.0 Å². The van der Waals surface area contributed by atoms with Gasteiger partial charge in [0.1, 0.15) is 5.01 Å². The standard InChI is InChI=1S/C18H20N2O2S2/c1-12-10-14(13(2)20(12)8-4-7-17(21)22-3)15-11-24-18(19-15)16-6-5-9-23-16/h5-6,9-11H,4,7-8H2,1-3H3. The van der Waals surface area contributed by atoms with Crippen LogP contribution in [-0.2, 0) is 16.1 Å². The van der Waals surface area contributed by atoms with Gasteiger partial charge < -0.3 is 9.30 Å². The highest BCUT2D eigenvalue weighted by molar-refractivity contribution is 7.20. The topological polar surface area (TPSA) is 44.1 Å². The Hall–Kier alpha value is -1.92. The number of aryl methyl sites for hydroxylation is 1. The molecule has 0 atom stereocenters. The molecule has 3 aromatic rings. The lowest BCUT2D eigenvalue weighted by atomic mass is 10.2. The van der Waals surface area contributed by atoms with Crippen LogP contribution in [0.1, 0.15) is 24.2 Å². The first-order valence-electron chi connectivity index (χ1n) is 7.83. The van der Waals surface area contributed by atoms with Crippen LogP contribution in [0.2, 0.25) is 0 Å². The van der Waals surface area contributed by atoms with Crippen molar-refractivity contribution in [2.75, 3.05) is 7.11 Å². The van der Waals surface area contributed by atoms with E-state index >= 15 is 0 Å². The average molecular weight is 361 g/mol. The number of ether oxygens (including phenoxy) is 1. The minimum Gasteiger partial charge on any atom is -0.469 e. The van der Waals surface area contributed by atoms with Gasteiger partial charge in [-0.2, -0.15) is 0 Å². The van der Waals surface area contributed by atoms with Crippen LogP contribution >= 0.6 is 22.7 Å². The third-order valence-corrected chi connectivity index (χ3v) is 5.96. The fraction of sp³-hybridized carbons (Fsp3) is 0.333. The molecule has 0 amide bonds. The molecule has 0 spiro atoms. The number of thiophene rings is 1. The minimum absolute atomic E-state index is 0.155. The first-order valence-corrected chi connectivity index (χ1v) is 9.59. The molecule has 3 rings (SSSR count). The van der Waals surface area contributed by atoms with E-state index in [1.807, 2.05) is 6.07 Å². The summed E-state index contributed by atoms with van der Waals surface area (Å²) in [5, 5.41) is 5.26. The predicted molar refractivity (Wildman–Crippen MR) is 99.6 cm³/mol. The summed E-state index contributed by atoms with van der Waals surface area (Å²) in [6, 6.07) is 6.33. The third kappa shape index (κ3) is 3.44. The van der Waals surface area contributed by atoms with Gasteiger partial charge in [-0.15, -0.1) is 22.7 Å². The van der Waals surface area contributed by atoms with E-state index in [2.05, 4.69) is 41.3 Å². The third-order valence-electron chi connectivity index (χ3n) is 4.08. The van der Waals surface area contributed by atoms with Crippen LogP contribution in [-0.4, -0.2) is 22.6 Å². The normalized spacial score (nSPS) is 11.0. The summed E-state index contributed by atoms with van der Waals surface area (Å²) in [6.45, 7) is 5.03. The second-order valence-electron chi connectivity index (χ2n) is 5.63. The first kappa shape index (κ1) is 16.9. The van der Waals surface area contributed by atoms with Crippen LogP contribution in [0.25, 0.3) is 21.1 Å². The molecule has 3 aromatic heterocycles. The van der Waals surface area contributed by atoms with E-state index in [1.165, 1.54) is 28.9 Å². The molecule has 0 aliphatic carbocycles. The van der Waals surface area contributed by atoms with Crippen LogP contribution in [0.3, 0.4) is 0 Å². The van der Waals surface area contributed by atoms with Crippen molar-refractivity contribution in [2.24, 2.45) is 0 Å². The zero-order chi connectivity index (χ0) is 17.1. The molecule has 24 heavy (non-hydrogen) atoms. The van der Waals surface area contributed by atoms with Gasteiger partial charge in [0.05, 0.1) is 17.7 Å². The fourth-order valence-electron chi connectivity index (χ4n) is 2.80. The van der Waals surface area contributed by atoms with Crippen molar-refractivity contribution < 1.29 is 9.53 Å². The summed E-state index contributed by atoms with van der Waals surface area (Å²) in [4.78, 5) is 17.3. The second-order valence-corrected chi connectivity index (χ2v) is 7.44. The van der Waals surface area contributed by atoms with Crippen molar-refractivity contribution in [3.05, 3.63) is 40.3 Å². The maximum atomic E-state index is 11.3. The minimum atomic E-state index is -0.155. The molecular formula is C18H20N2O2S2. The summed E-state index contributed by atoms with van der Waals surface area (Å²) in [5.74, 6) is -0.155. The highest BCUT2D eigenvalue weighted by Gasteiger charge is 2.14. The van der Waals surface area contributed by atoms with Crippen LogP contribution < -0.4 is 0 Å². The predicted octanol–water partition coefficient (Wildman–Crippen LogP) is 4.91. The molecule has 3 heterocycles. The van der Waals surface area contributed by atoms with E-state index in [0.717, 1.165) is 23.7 Å². The van der Waals surface area contributed by atoms with Crippen LogP contribution in [0, 0.1) is 13.8 Å². The van der Waals surface area contributed by atoms with Gasteiger partial charge in [-0.05, 0) is 37.8 Å². The monoisotopic (exact) mass is 360 g/mol. The molecule has 126 valence electrons. The van der Waals surface area contributed by atoms with E-state index in [9.17, 15) is 4.79 Å². The van der Waals surface area contributed by atoms with Crippen molar-refractivity contribution in [1.82, 2.24) is 9.55 Å². The zero-order valence-electron chi connectivity index (χ0n) is 14.0. The number of rotatable bonds is 6. The van der Waals surface area contributed by atoms with Crippen LogP contribution in [0.5, 0.6) is 0 Å². The van der Waals surface area contributed by atoms with Crippen LogP contribution in [0.4, 0.5) is 0 Å². The lowest BCUT2D eigenvalue weighted by Gasteiger charge is -2.09. The number of carbonyl (C=O) groups is 1. The molecule has 0 fully saturated rings. The lowest BCUT2D eigenvalue weighted by molar-refractivity contribution is -0.140. The molecule has 0 saturated carbocycles. The van der Waals surface area contributed by atoms with E-state index in [-0.39, 0.29) is 5.97 Å². The van der Waals surface area contributed by atoms with Crippen molar-refractivity contribution in [1.29, 1.82) is 0 Å². The van der Waals surface area contributed by atoms with E-state index < -0.39 is 0 Å². The lowest BCUT2D eigenvalue weighted by Crippen LogP contribution is -2.06. The maximum Gasteiger partial charge on any atom is 0.305 e. The van der Waals surface area contributed by atoms with Crippen molar-refractivity contribution >= 4 is 28.6 Å². The van der Waals surface area contributed by atoms with Gasteiger partial charge in [-0.1, -0.05) is 6.07 Å². The summed E-state index contributed by atoms with van der Waals surface area (Å²) in [5.41, 5.74) is 4.58. The van der Waals surface area contributed by atoms with Gasteiger partial charge in [0.2, 0.25) is 0 Å². The molecule has 0 bridgehead atoms. The molecule has 0 aliphatic rings. The molecule has 0 unspecified atom stereocenters. The quantitative estimate of drug-likeness (QED) is 0.587.